The van der Waals surface area contributed by atoms with Gasteiger partial charge in [-0.15, -0.1) is 0 Å². The van der Waals surface area contributed by atoms with Gasteiger partial charge < -0.3 is 34.3 Å². The van der Waals surface area contributed by atoms with E-state index in [4.69, 9.17) is 35.9 Å². The Morgan fingerprint density at radius 1 is 0.330 bits per heavy atom. The molecule has 0 aromatic rings. The number of hydrogen-bond acceptors (Lipinski definition) is 7. The van der Waals surface area contributed by atoms with Crippen LogP contribution >= 0.6 is 12.2 Å². The van der Waals surface area contributed by atoms with Crippen molar-refractivity contribution in [1.82, 2.24) is 15.5 Å². The molecule has 3 rings (SSSR count). The predicted octanol–water partition coefficient (Wildman–Crippen LogP) is 25.1. The predicted molar refractivity (Wildman–Crippen MR) is 400 cm³/mol. The fraction of sp³-hybridized carbons (Fsp3) is 0.988. The first-order valence-electron chi connectivity index (χ1n) is 42.0. The highest BCUT2D eigenvalue weighted by Gasteiger charge is 2.49. The van der Waals surface area contributed by atoms with Gasteiger partial charge in [-0.25, -0.2) is 0 Å². The summed E-state index contributed by atoms with van der Waals surface area (Å²) in [5.74, 6) is 0. The maximum Gasteiger partial charge on any atom is 0.168 e. The Morgan fingerprint density at radius 3 is 0.978 bits per heavy atom. The van der Waals surface area contributed by atoms with Crippen molar-refractivity contribution in [3.63, 3.8) is 0 Å². The first-order valence-corrected chi connectivity index (χ1v) is 42.4. The van der Waals surface area contributed by atoms with E-state index in [9.17, 15) is 0 Å². The minimum atomic E-state index is -0.472. The molecule has 540 valence electrons. The van der Waals surface area contributed by atoms with Crippen LogP contribution in [0.25, 0.3) is 0 Å². The van der Waals surface area contributed by atoms with Crippen LogP contribution in [0.2, 0.25) is 0 Å². The second kappa shape index (κ2) is 65.4. The average Bonchev–Trinajstić information content (AvgIpc) is 1.66. The number of nitrogens with one attached hydrogen (secondary N) is 2. The fourth-order valence-corrected chi connectivity index (χ4v) is 15.5. The first kappa shape index (κ1) is 84.7. The van der Waals surface area contributed by atoms with E-state index in [1.807, 2.05) is 0 Å². The number of nitrogens with zero attached hydrogens (tertiary/aromatic N) is 1. The van der Waals surface area contributed by atoms with Crippen molar-refractivity contribution in [2.75, 3.05) is 46.1 Å². The summed E-state index contributed by atoms with van der Waals surface area (Å²) in [5, 5.41) is 8.43. The number of unbranched alkanes of at least 4 members (excludes halogenated alkanes) is 52. The molecule has 0 amide bonds. The Kier molecular flexibility index (Phi) is 60.8. The summed E-state index contributed by atoms with van der Waals surface area (Å²) in [5.41, 5.74) is 0. The van der Waals surface area contributed by atoms with E-state index in [1.165, 1.54) is 385 Å². The second-order valence-corrected chi connectivity index (χ2v) is 30.1. The Hall–Kier alpha value is -0.550. The van der Waals surface area contributed by atoms with Crippen LogP contribution in [0.15, 0.2) is 0 Å². The summed E-state index contributed by atoms with van der Waals surface area (Å²) < 4.78 is 35.8. The van der Waals surface area contributed by atoms with E-state index in [-0.39, 0.29) is 24.4 Å². The van der Waals surface area contributed by atoms with Gasteiger partial charge in [-0.2, -0.15) is 0 Å². The van der Waals surface area contributed by atoms with Crippen LogP contribution in [-0.4, -0.2) is 98.9 Å². The largest absolute Gasteiger partial charge is 0.379 e. The summed E-state index contributed by atoms with van der Waals surface area (Å²) >= 11 is 6.39. The van der Waals surface area contributed by atoms with Crippen molar-refractivity contribution in [2.45, 2.75) is 475 Å². The number of likely N-dealkylation sites (tertiary alicyclic amines) is 1. The molecule has 0 unspecified atom stereocenters. The van der Waals surface area contributed by atoms with Gasteiger partial charge in [-0.1, -0.05) is 381 Å². The maximum absolute atomic E-state index is 7.34. The van der Waals surface area contributed by atoms with Gasteiger partial charge in [0.05, 0.1) is 6.61 Å². The van der Waals surface area contributed by atoms with Gasteiger partial charge in [0, 0.05) is 38.5 Å². The molecule has 0 aromatic carbocycles. The van der Waals surface area contributed by atoms with Crippen LogP contribution in [0.3, 0.4) is 0 Å². The third-order valence-corrected chi connectivity index (χ3v) is 21.4. The maximum atomic E-state index is 7.34. The van der Waals surface area contributed by atoms with E-state index in [0.717, 1.165) is 38.7 Å². The minimum absolute atomic E-state index is 0.285. The number of piperidine rings is 1. The Labute approximate surface area is 574 Å². The molecular formula is C82H161N3O5S. The van der Waals surface area contributed by atoms with Crippen molar-refractivity contribution < 1.29 is 23.7 Å². The highest BCUT2D eigenvalue weighted by molar-refractivity contribution is 7.80. The van der Waals surface area contributed by atoms with Crippen LogP contribution in [0.4, 0.5) is 0 Å². The van der Waals surface area contributed by atoms with Crippen molar-refractivity contribution in [3.8, 4) is 0 Å². The number of thiocarbonyl (C=S) groups is 1. The molecule has 91 heavy (non-hydrogen) atoms. The van der Waals surface area contributed by atoms with Gasteiger partial charge in [0.25, 0.3) is 0 Å². The lowest BCUT2D eigenvalue weighted by Crippen LogP contribution is -2.67. The number of hydrogen-bond donors (Lipinski definition) is 2. The second-order valence-electron chi connectivity index (χ2n) is 29.7. The lowest BCUT2D eigenvalue weighted by molar-refractivity contribution is -0.268. The van der Waals surface area contributed by atoms with Crippen LogP contribution in [0.5, 0.6) is 0 Å². The van der Waals surface area contributed by atoms with Gasteiger partial charge in [0.15, 0.2) is 11.3 Å². The van der Waals surface area contributed by atoms with E-state index >= 15 is 0 Å². The first-order chi connectivity index (χ1) is 45.1. The van der Waals surface area contributed by atoms with Crippen molar-refractivity contribution in [2.24, 2.45) is 0 Å². The summed E-state index contributed by atoms with van der Waals surface area (Å²) in [6.45, 7) is 15.0. The number of ether oxygens (including phenoxy) is 5. The zero-order valence-corrected chi connectivity index (χ0v) is 62.8. The molecular weight excluding hydrogens is 1140 g/mol. The van der Waals surface area contributed by atoms with Gasteiger partial charge in [0.1, 0.15) is 24.4 Å². The molecule has 8 nitrogen and oxygen atoms in total. The molecule has 0 spiro atoms. The molecule has 0 bridgehead atoms. The fourth-order valence-electron chi connectivity index (χ4n) is 15.2. The molecule has 0 radical (unpaired) electrons. The summed E-state index contributed by atoms with van der Waals surface area (Å²) in [7, 11) is 0. The molecule has 2 aliphatic heterocycles. The standard InChI is InChI=1S/C82H161N3O5S/c1-5-9-13-17-21-25-29-33-37-41-45-49-53-62-70-86-74-77-78(87-71-63-54-50-46-42-38-34-30-26-22-18-14-10-6-2)79(88-72-64-55-51-47-43-39-35-31-27-23-19-15-11-7-3)80(89-73-65-56-52-48-44-40-36-32-28-24-20-16-12-8-4)81(90-77)84-82(91)83-75-66-58-59-67-76(75)85-68-60-57-61-69-85/h75-81H,5-74H2,1-4H3,(H2,83,84,91)/t75-,76-,77-,78-,79+,80-,81-/m1/s1. The monoisotopic (exact) mass is 1300 g/mol. The highest BCUT2D eigenvalue weighted by atomic mass is 32.1. The SMILES string of the molecule is CCCCCCCCCCCCCCCCOC[C@H]1O[C@@H](NC(=S)N[C@@H]2CCCC[C@H]2N2CCCCC2)[C@H](OCCCCCCCCCCCCCCCC)[C@@H](OCCCCCCCCCCCCCCCC)[C@@H]1OCCCCCCCCCCCCCCCC. The average molecular weight is 1300 g/mol. The molecule has 2 saturated heterocycles. The summed E-state index contributed by atoms with van der Waals surface area (Å²) in [6.07, 6.45) is 82.9. The van der Waals surface area contributed by atoms with Gasteiger partial charge in [-0.05, 0) is 76.7 Å². The molecule has 3 aliphatic rings. The molecule has 7 atom stereocenters. The third-order valence-electron chi connectivity index (χ3n) is 21.2. The smallest absolute Gasteiger partial charge is 0.168 e. The van der Waals surface area contributed by atoms with Crippen molar-refractivity contribution in [1.29, 1.82) is 0 Å². The van der Waals surface area contributed by atoms with Crippen LogP contribution in [0, 0.1) is 0 Å². The summed E-state index contributed by atoms with van der Waals surface area (Å²) in [6, 6.07) is 0.863. The topological polar surface area (TPSA) is 73.5 Å². The quantitative estimate of drug-likeness (QED) is 0.0458. The Bertz CT molecular complexity index is 1490. The summed E-state index contributed by atoms with van der Waals surface area (Å²) in [4.78, 5) is 2.77. The normalized spacial score (nSPS) is 20.6. The van der Waals surface area contributed by atoms with Gasteiger partial charge >= 0.3 is 0 Å². The van der Waals surface area contributed by atoms with Crippen molar-refractivity contribution >= 4 is 17.3 Å². The van der Waals surface area contributed by atoms with Gasteiger partial charge in [-0.3, -0.25) is 4.90 Å². The van der Waals surface area contributed by atoms with Crippen LogP contribution < -0.4 is 10.6 Å². The van der Waals surface area contributed by atoms with Crippen LogP contribution in [0.1, 0.15) is 432 Å². The molecule has 1 aliphatic carbocycles. The minimum Gasteiger partial charge on any atom is -0.379 e. The highest BCUT2D eigenvalue weighted by Crippen LogP contribution is 2.31. The van der Waals surface area contributed by atoms with E-state index in [0.29, 0.717) is 43.6 Å². The van der Waals surface area contributed by atoms with E-state index < -0.39 is 6.23 Å². The van der Waals surface area contributed by atoms with Crippen molar-refractivity contribution in [3.05, 3.63) is 0 Å². The molecule has 9 heteroatoms. The molecule has 1 saturated carbocycles. The zero-order chi connectivity index (χ0) is 64.6. The molecule has 2 N–H and O–H groups in total. The van der Waals surface area contributed by atoms with E-state index in [2.05, 4.69) is 43.2 Å². The van der Waals surface area contributed by atoms with Crippen LogP contribution in [-0.2, 0) is 23.7 Å². The molecule has 2 heterocycles. The zero-order valence-electron chi connectivity index (χ0n) is 61.9. The third kappa shape index (κ3) is 47.9. The lowest BCUT2D eigenvalue weighted by Gasteiger charge is -2.47. The lowest BCUT2D eigenvalue weighted by atomic mass is 9.88. The Balaban J connectivity index is 1.72. The molecule has 3 fully saturated rings. The number of rotatable bonds is 68. The molecule has 0 aromatic heterocycles. The van der Waals surface area contributed by atoms with E-state index in [1.54, 1.807) is 0 Å². The Morgan fingerprint density at radius 2 is 0.626 bits per heavy atom. The van der Waals surface area contributed by atoms with Gasteiger partial charge in [0.2, 0.25) is 0 Å².